The molecule has 1 aromatic heterocycles. The second kappa shape index (κ2) is 7.26. The molecule has 2 N–H and O–H groups in total. The molecule has 20 heavy (non-hydrogen) atoms. The second-order valence-corrected chi connectivity index (χ2v) is 9.45. The van der Waals surface area contributed by atoms with Gasteiger partial charge in [-0.2, -0.15) is 11.8 Å². The molecular formula is C13H22N2O2S3. The smallest absolute Gasteiger partial charge is 0.250 e. The van der Waals surface area contributed by atoms with E-state index in [2.05, 4.69) is 23.9 Å². The van der Waals surface area contributed by atoms with Gasteiger partial charge in [0.2, 0.25) is 10.0 Å². The van der Waals surface area contributed by atoms with Crippen LogP contribution in [0.1, 0.15) is 25.8 Å². The number of hydrogen-bond donors (Lipinski definition) is 2. The molecule has 1 atom stereocenters. The Hall–Kier alpha value is -0.0800. The summed E-state index contributed by atoms with van der Waals surface area (Å²) in [6, 6.07) is 2.17. The molecule has 2 rings (SSSR count). The lowest BCUT2D eigenvalue weighted by Crippen LogP contribution is -2.28. The van der Waals surface area contributed by atoms with Crippen LogP contribution in [-0.4, -0.2) is 32.5 Å². The van der Waals surface area contributed by atoms with Gasteiger partial charge < -0.3 is 5.32 Å². The van der Waals surface area contributed by atoms with E-state index in [-0.39, 0.29) is 0 Å². The lowest BCUT2D eigenvalue weighted by molar-refractivity contribution is 0.547. The maximum atomic E-state index is 12.2. The number of thioether (sulfide) groups is 1. The van der Waals surface area contributed by atoms with Crippen LogP contribution < -0.4 is 10.0 Å². The summed E-state index contributed by atoms with van der Waals surface area (Å²) in [7, 11) is -3.33. The van der Waals surface area contributed by atoms with Gasteiger partial charge in [0, 0.05) is 19.1 Å². The van der Waals surface area contributed by atoms with Crippen molar-refractivity contribution >= 4 is 33.1 Å². The van der Waals surface area contributed by atoms with Crippen molar-refractivity contribution in [1.82, 2.24) is 10.0 Å². The number of nitrogens with one attached hydrogen (secondary N) is 2. The lowest BCUT2D eigenvalue weighted by Gasteiger charge is -2.09. The Balaban J connectivity index is 1.91. The van der Waals surface area contributed by atoms with Crippen molar-refractivity contribution in [3.63, 3.8) is 0 Å². The summed E-state index contributed by atoms with van der Waals surface area (Å²) in [6.07, 6.45) is 1.11. The molecule has 1 saturated heterocycles. The highest BCUT2D eigenvalue weighted by molar-refractivity contribution is 7.99. The van der Waals surface area contributed by atoms with Crippen LogP contribution in [-0.2, 0) is 16.6 Å². The lowest BCUT2D eigenvalue weighted by atomic mass is 10.1. The van der Waals surface area contributed by atoms with Crippen molar-refractivity contribution in [2.45, 2.75) is 37.1 Å². The predicted octanol–water partition coefficient (Wildman–Crippen LogP) is 2.28. The molecule has 1 aromatic rings. The molecule has 1 fully saturated rings. The highest BCUT2D eigenvalue weighted by Crippen LogP contribution is 2.24. The van der Waals surface area contributed by atoms with Crippen molar-refractivity contribution in [3.8, 4) is 0 Å². The number of sulfonamides is 1. The highest BCUT2D eigenvalue weighted by Gasteiger charge is 2.21. The Kier molecular flexibility index (Phi) is 5.92. The van der Waals surface area contributed by atoms with E-state index < -0.39 is 10.0 Å². The summed E-state index contributed by atoms with van der Waals surface area (Å²) in [4.78, 5) is 0. The second-order valence-electron chi connectivity index (χ2n) is 5.39. The minimum atomic E-state index is -3.33. The largest absolute Gasteiger partial charge is 0.310 e. The van der Waals surface area contributed by atoms with Crippen molar-refractivity contribution in [2.24, 2.45) is 5.92 Å². The van der Waals surface area contributed by atoms with Crippen LogP contribution in [0.15, 0.2) is 15.7 Å². The van der Waals surface area contributed by atoms with Crippen molar-refractivity contribution in [1.29, 1.82) is 0 Å². The summed E-state index contributed by atoms with van der Waals surface area (Å²) < 4.78 is 27.6. The van der Waals surface area contributed by atoms with Crippen LogP contribution >= 0.6 is 23.1 Å². The zero-order valence-corrected chi connectivity index (χ0v) is 14.3. The molecule has 0 spiro atoms. The third-order valence-electron chi connectivity index (χ3n) is 3.20. The van der Waals surface area contributed by atoms with E-state index in [1.54, 1.807) is 6.07 Å². The number of rotatable bonds is 7. The standard InChI is InChI=1S/C13H22N2O2S3/c1-10(2)14-6-12-5-13(19-9-12)20(16,17)15-7-11-3-4-18-8-11/h5,9-11,14-15H,3-4,6-8H2,1-2H3. The maximum Gasteiger partial charge on any atom is 0.250 e. The molecule has 114 valence electrons. The van der Waals surface area contributed by atoms with Gasteiger partial charge in [0.15, 0.2) is 0 Å². The first-order valence-corrected chi connectivity index (χ1v) is 10.4. The molecule has 0 radical (unpaired) electrons. The molecular weight excluding hydrogens is 312 g/mol. The van der Waals surface area contributed by atoms with Crippen LogP contribution in [0.3, 0.4) is 0 Å². The monoisotopic (exact) mass is 334 g/mol. The Morgan fingerprint density at radius 1 is 1.45 bits per heavy atom. The van der Waals surface area contributed by atoms with Gasteiger partial charge in [-0.1, -0.05) is 13.8 Å². The third kappa shape index (κ3) is 4.73. The minimum Gasteiger partial charge on any atom is -0.310 e. The fourth-order valence-corrected chi connectivity index (χ4v) is 5.61. The third-order valence-corrected chi connectivity index (χ3v) is 7.34. The first-order valence-electron chi connectivity index (χ1n) is 6.85. The highest BCUT2D eigenvalue weighted by atomic mass is 32.2. The summed E-state index contributed by atoms with van der Waals surface area (Å²) in [5.41, 5.74) is 1.03. The Morgan fingerprint density at radius 2 is 2.25 bits per heavy atom. The quantitative estimate of drug-likeness (QED) is 0.803. The zero-order valence-electron chi connectivity index (χ0n) is 11.9. The van der Waals surface area contributed by atoms with Crippen molar-refractivity contribution in [2.75, 3.05) is 18.1 Å². The van der Waals surface area contributed by atoms with Crippen LogP contribution in [0.2, 0.25) is 0 Å². The first kappa shape index (κ1) is 16.3. The van der Waals surface area contributed by atoms with Crippen LogP contribution in [0.25, 0.3) is 0 Å². The maximum absolute atomic E-state index is 12.2. The summed E-state index contributed by atoms with van der Waals surface area (Å²) >= 11 is 3.20. The summed E-state index contributed by atoms with van der Waals surface area (Å²) in [5, 5.41) is 5.20. The van der Waals surface area contributed by atoms with Gasteiger partial charge in [0.05, 0.1) is 0 Å². The van der Waals surface area contributed by atoms with Crippen molar-refractivity contribution in [3.05, 3.63) is 17.0 Å². The average molecular weight is 335 g/mol. The number of thiophene rings is 1. The van der Waals surface area contributed by atoms with E-state index in [0.29, 0.717) is 29.3 Å². The molecule has 4 nitrogen and oxygen atoms in total. The van der Waals surface area contributed by atoms with E-state index >= 15 is 0 Å². The van der Waals surface area contributed by atoms with Gasteiger partial charge in [-0.05, 0) is 40.9 Å². The Bertz CT molecular complexity index is 519. The molecule has 1 aliphatic rings. The van der Waals surface area contributed by atoms with E-state index in [9.17, 15) is 8.42 Å². The molecule has 0 bridgehead atoms. The van der Waals surface area contributed by atoms with Gasteiger partial charge in [-0.25, -0.2) is 13.1 Å². The zero-order chi connectivity index (χ0) is 14.6. The van der Waals surface area contributed by atoms with Crippen molar-refractivity contribution < 1.29 is 8.42 Å². The Morgan fingerprint density at radius 3 is 2.90 bits per heavy atom. The van der Waals surface area contributed by atoms with Gasteiger partial charge >= 0.3 is 0 Å². The Labute approximate surface area is 129 Å². The van der Waals surface area contributed by atoms with Gasteiger partial charge in [-0.15, -0.1) is 11.3 Å². The van der Waals surface area contributed by atoms with Crippen LogP contribution in [0, 0.1) is 5.92 Å². The topological polar surface area (TPSA) is 58.2 Å². The van der Waals surface area contributed by atoms with Crippen LogP contribution in [0.4, 0.5) is 0 Å². The van der Waals surface area contributed by atoms with E-state index in [1.807, 2.05) is 17.1 Å². The molecule has 7 heteroatoms. The average Bonchev–Trinajstić information content (AvgIpc) is 3.05. The number of hydrogen-bond acceptors (Lipinski definition) is 5. The molecule has 0 saturated carbocycles. The van der Waals surface area contributed by atoms with E-state index in [0.717, 1.165) is 23.5 Å². The first-order chi connectivity index (χ1) is 9.47. The van der Waals surface area contributed by atoms with E-state index in [4.69, 9.17) is 0 Å². The normalized spacial score (nSPS) is 19.9. The fourth-order valence-electron chi connectivity index (χ4n) is 1.95. The van der Waals surface area contributed by atoms with E-state index in [1.165, 1.54) is 11.3 Å². The molecule has 2 heterocycles. The molecule has 0 amide bonds. The fraction of sp³-hybridized carbons (Fsp3) is 0.692. The molecule has 0 aliphatic carbocycles. The van der Waals surface area contributed by atoms with Crippen LogP contribution in [0.5, 0.6) is 0 Å². The summed E-state index contributed by atoms with van der Waals surface area (Å²) in [6.45, 7) is 5.42. The van der Waals surface area contributed by atoms with Gasteiger partial charge in [0.25, 0.3) is 0 Å². The molecule has 0 aromatic carbocycles. The van der Waals surface area contributed by atoms with Gasteiger partial charge in [0.1, 0.15) is 4.21 Å². The minimum absolute atomic E-state index is 0.396. The molecule has 1 unspecified atom stereocenters. The van der Waals surface area contributed by atoms with Gasteiger partial charge in [-0.3, -0.25) is 0 Å². The molecule has 1 aliphatic heterocycles. The SMILES string of the molecule is CC(C)NCc1csc(S(=O)(=O)NCC2CCSC2)c1. The summed E-state index contributed by atoms with van der Waals surface area (Å²) in [5.74, 6) is 2.70. The predicted molar refractivity (Wildman–Crippen MR) is 86.9 cm³/mol.